The molecule has 8 heteroatoms. The van der Waals surface area contributed by atoms with Gasteiger partial charge in [-0.3, -0.25) is 20.2 Å². The lowest BCUT2D eigenvalue weighted by Gasteiger charge is -2.23. The van der Waals surface area contributed by atoms with Gasteiger partial charge in [0.1, 0.15) is 5.69 Å². The molecule has 1 atom stereocenters. The molecule has 21 heavy (non-hydrogen) atoms. The normalized spacial score (nSPS) is 18.2. The molecule has 0 saturated carbocycles. The van der Waals surface area contributed by atoms with Crippen LogP contribution in [0.4, 0.5) is 17.1 Å². The summed E-state index contributed by atoms with van der Waals surface area (Å²) in [5.41, 5.74) is -0.00604. The minimum Gasteiger partial charge on any atom is -0.364 e. The summed E-state index contributed by atoms with van der Waals surface area (Å²) in [6, 6.07) is 4.18. The number of anilines is 1. The topological polar surface area (TPSA) is 92.8 Å². The molecule has 1 heterocycles. The summed E-state index contributed by atoms with van der Waals surface area (Å²) in [4.78, 5) is 24.9. The van der Waals surface area contributed by atoms with Gasteiger partial charge in [-0.25, -0.2) is 0 Å². The van der Waals surface area contributed by atoms with Crippen LogP contribution >= 0.6 is 0 Å². The predicted octanol–water partition coefficient (Wildman–Crippen LogP) is 2.03. The molecule has 0 N–H and O–H groups in total. The van der Waals surface area contributed by atoms with Crippen LogP contribution in [-0.2, 0) is 0 Å². The van der Waals surface area contributed by atoms with Crippen molar-refractivity contribution >= 4 is 17.1 Å². The minimum absolute atomic E-state index is 0.205. The molecule has 1 aromatic carbocycles. The van der Waals surface area contributed by atoms with E-state index < -0.39 is 9.85 Å². The molecule has 1 aliphatic heterocycles. The van der Waals surface area contributed by atoms with Crippen LogP contribution in [0.3, 0.4) is 0 Å². The van der Waals surface area contributed by atoms with E-state index in [-0.39, 0.29) is 11.4 Å². The third-order valence-corrected chi connectivity index (χ3v) is 3.99. The summed E-state index contributed by atoms with van der Waals surface area (Å²) >= 11 is 0. The van der Waals surface area contributed by atoms with Crippen molar-refractivity contribution in [3.05, 3.63) is 38.4 Å². The summed E-state index contributed by atoms with van der Waals surface area (Å²) in [5.74, 6) is 0. The van der Waals surface area contributed by atoms with Gasteiger partial charge in [0.15, 0.2) is 0 Å². The second-order valence-electron chi connectivity index (χ2n) is 5.15. The van der Waals surface area contributed by atoms with E-state index in [0.717, 1.165) is 19.0 Å². The Kier molecular flexibility index (Phi) is 4.37. The molecule has 1 aliphatic rings. The van der Waals surface area contributed by atoms with Crippen molar-refractivity contribution < 1.29 is 9.85 Å². The van der Waals surface area contributed by atoms with Crippen molar-refractivity contribution in [1.82, 2.24) is 4.90 Å². The summed E-state index contributed by atoms with van der Waals surface area (Å²) in [7, 11) is 2.03. The predicted molar refractivity (Wildman–Crippen MR) is 78.7 cm³/mol. The first-order valence-electron chi connectivity index (χ1n) is 6.82. The molecule has 2 rings (SSSR count). The van der Waals surface area contributed by atoms with E-state index in [0.29, 0.717) is 24.8 Å². The molecule has 1 fully saturated rings. The molecular formula is C13H18N4O4. The molecule has 1 aromatic rings. The zero-order valence-electron chi connectivity index (χ0n) is 12.1. The fourth-order valence-electron chi connectivity index (χ4n) is 2.62. The Hall–Kier alpha value is -2.22. The fourth-order valence-corrected chi connectivity index (χ4v) is 2.62. The van der Waals surface area contributed by atoms with Crippen LogP contribution in [0.25, 0.3) is 0 Å². The van der Waals surface area contributed by atoms with Crippen molar-refractivity contribution in [3.63, 3.8) is 0 Å². The smallest absolute Gasteiger partial charge is 0.299 e. The fraction of sp³-hybridized carbons (Fsp3) is 0.538. The van der Waals surface area contributed by atoms with Gasteiger partial charge in [0.05, 0.1) is 15.9 Å². The van der Waals surface area contributed by atoms with Crippen molar-refractivity contribution in [2.45, 2.75) is 19.4 Å². The third kappa shape index (κ3) is 3.10. The quantitative estimate of drug-likeness (QED) is 0.609. The average Bonchev–Trinajstić information content (AvgIpc) is 2.95. The van der Waals surface area contributed by atoms with Crippen molar-refractivity contribution in [2.75, 3.05) is 31.6 Å². The Morgan fingerprint density at radius 2 is 2.05 bits per heavy atom. The molecule has 0 amide bonds. The molecule has 8 nitrogen and oxygen atoms in total. The molecular weight excluding hydrogens is 276 g/mol. The van der Waals surface area contributed by atoms with E-state index >= 15 is 0 Å². The van der Waals surface area contributed by atoms with Gasteiger partial charge in [0.2, 0.25) is 0 Å². The standard InChI is InChI=1S/C13H18N4O4/c1-3-14(2)11-6-7-15(9-11)12-5-4-10(16(18)19)8-13(12)17(20)21/h4-5,8,11H,3,6-7,9H2,1-2H3. The number of hydrogen-bond donors (Lipinski definition) is 0. The van der Waals surface area contributed by atoms with Gasteiger partial charge >= 0.3 is 0 Å². The molecule has 1 unspecified atom stereocenters. The molecule has 0 bridgehead atoms. The second kappa shape index (κ2) is 6.04. The van der Waals surface area contributed by atoms with Crippen molar-refractivity contribution in [2.24, 2.45) is 0 Å². The Bertz CT molecular complexity index is 563. The summed E-state index contributed by atoms with van der Waals surface area (Å²) < 4.78 is 0. The van der Waals surface area contributed by atoms with Crippen LogP contribution in [0.15, 0.2) is 18.2 Å². The van der Waals surface area contributed by atoms with E-state index in [1.165, 1.54) is 12.1 Å². The molecule has 1 saturated heterocycles. The number of hydrogen-bond acceptors (Lipinski definition) is 6. The summed E-state index contributed by atoms with van der Waals surface area (Å²) in [6.07, 6.45) is 0.929. The first kappa shape index (κ1) is 15.2. The number of rotatable bonds is 5. The van der Waals surface area contributed by atoms with Gasteiger partial charge in [-0.2, -0.15) is 0 Å². The second-order valence-corrected chi connectivity index (χ2v) is 5.15. The molecule has 0 radical (unpaired) electrons. The minimum atomic E-state index is -0.617. The highest BCUT2D eigenvalue weighted by atomic mass is 16.6. The van der Waals surface area contributed by atoms with Gasteiger partial charge in [-0.05, 0) is 26.1 Å². The largest absolute Gasteiger partial charge is 0.364 e. The van der Waals surface area contributed by atoms with Crippen LogP contribution in [-0.4, -0.2) is 47.5 Å². The van der Waals surface area contributed by atoms with E-state index in [1.54, 1.807) is 0 Å². The van der Waals surface area contributed by atoms with Gasteiger partial charge in [0.25, 0.3) is 11.4 Å². The number of nitro groups is 2. The van der Waals surface area contributed by atoms with E-state index in [1.807, 2.05) is 11.9 Å². The zero-order chi connectivity index (χ0) is 15.6. The summed E-state index contributed by atoms with van der Waals surface area (Å²) in [6.45, 7) is 4.40. The van der Waals surface area contributed by atoms with Crippen LogP contribution in [0.1, 0.15) is 13.3 Å². The van der Waals surface area contributed by atoms with Crippen LogP contribution in [0, 0.1) is 20.2 Å². The van der Waals surface area contributed by atoms with Crippen LogP contribution < -0.4 is 4.90 Å². The molecule has 0 aliphatic carbocycles. The number of benzene rings is 1. The monoisotopic (exact) mass is 294 g/mol. The highest BCUT2D eigenvalue weighted by Crippen LogP contribution is 2.34. The molecule has 0 spiro atoms. The first-order chi connectivity index (χ1) is 9.93. The lowest BCUT2D eigenvalue weighted by atomic mass is 10.2. The van der Waals surface area contributed by atoms with Crippen molar-refractivity contribution in [1.29, 1.82) is 0 Å². The van der Waals surface area contributed by atoms with Gasteiger partial charge in [0, 0.05) is 25.2 Å². The van der Waals surface area contributed by atoms with E-state index in [4.69, 9.17) is 0 Å². The number of nitro benzene ring substituents is 2. The van der Waals surface area contributed by atoms with Gasteiger partial charge in [-0.15, -0.1) is 0 Å². The average molecular weight is 294 g/mol. The molecule has 114 valence electrons. The van der Waals surface area contributed by atoms with Gasteiger partial charge in [-0.1, -0.05) is 6.92 Å². The maximum atomic E-state index is 11.2. The number of nitrogens with zero attached hydrogens (tertiary/aromatic N) is 4. The number of non-ortho nitro benzene ring substituents is 1. The number of likely N-dealkylation sites (N-methyl/N-ethyl adjacent to an activating group) is 1. The van der Waals surface area contributed by atoms with E-state index in [2.05, 4.69) is 11.8 Å². The SMILES string of the molecule is CCN(C)C1CCN(c2ccc([N+](=O)[O-])cc2[N+](=O)[O-])C1. The van der Waals surface area contributed by atoms with Crippen LogP contribution in [0.2, 0.25) is 0 Å². The maximum absolute atomic E-state index is 11.2. The summed E-state index contributed by atoms with van der Waals surface area (Å²) in [5, 5.41) is 21.9. The Morgan fingerprint density at radius 1 is 1.33 bits per heavy atom. The van der Waals surface area contributed by atoms with Crippen LogP contribution in [0.5, 0.6) is 0 Å². The lowest BCUT2D eigenvalue weighted by molar-refractivity contribution is -0.393. The first-order valence-corrected chi connectivity index (χ1v) is 6.82. The molecule has 0 aromatic heterocycles. The third-order valence-electron chi connectivity index (χ3n) is 3.99. The van der Waals surface area contributed by atoms with Crippen molar-refractivity contribution in [3.8, 4) is 0 Å². The van der Waals surface area contributed by atoms with E-state index in [9.17, 15) is 20.2 Å². The highest BCUT2D eigenvalue weighted by Gasteiger charge is 2.30. The Balaban J connectivity index is 2.28. The Morgan fingerprint density at radius 3 is 2.62 bits per heavy atom. The lowest BCUT2D eigenvalue weighted by Crippen LogP contribution is -2.34. The Labute approximate surface area is 122 Å². The highest BCUT2D eigenvalue weighted by molar-refractivity contribution is 5.67. The zero-order valence-corrected chi connectivity index (χ0v) is 12.1. The van der Waals surface area contributed by atoms with Gasteiger partial charge < -0.3 is 9.80 Å². The maximum Gasteiger partial charge on any atom is 0.299 e.